The molecule has 0 saturated carbocycles. The van der Waals surface area contributed by atoms with E-state index in [9.17, 15) is 19.5 Å². The second kappa shape index (κ2) is 12.6. The summed E-state index contributed by atoms with van der Waals surface area (Å²) in [6.45, 7) is 3.67. The average molecular weight is 504 g/mol. The van der Waals surface area contributed by atoms with E-state index >= 15 is 0 Å². The smallest absolute Gasteiger partial charge is 0.243 e. The summed E-state index contributed by atoms with van der Waals surface area (Å²) in [5.41, 5.74) is 15.9. The number of carbonyl (C=O) groups excluding carboxylic acids is 3. The molecule has 3 atom stereocenters. The van der Waals surface area contributed by atoms with Crippen molar-refractivity contribution in [3.63, 3.8) is 0 Å². The number of phenolic OH excluding ortho intramolecular Hbond substituents is 1. The number of aryl methyl sites for hydroxylation is 2. The Morgan fingerprint density at radius 3 is 1.97 bits per heavy atom. The molecule has 1 heterocycles. The molecule has 0 aliphatic carbocycles. The maximum absolute atomic E-state index is 13.3. The molecule has 9 heteroatoms. The maximum Gasteiger partial charge on any atom is 0.243 e. The molecule has 37 heavy (non-hydrogen) atoms. The lowest BCUT2D eigenvalue weighted by Crippen LogP contribution is -2.56. The van der Waals surface area contributed by atoms with Crippen LogP contribution in [0.1, 0.15) is 27.8 Å². The number of hydrogen-bond donors (Lipinski definition) is 5. The topological polar surface area (TPSA) is 160 Å². The first-order valence-corrected chi connectivity index (χ1v) is 12.0. The molecule has 0 bridgehead atoms. The molecule has 3 aromatic rings. The largest absolute Gasteiger partial charge is 0.508 e. The van der Waals surface area contributed by atoms with Crippen molar-refractivity contribution < 1.29 is 19.5 Å². The van der Waals surface area contributed by atoms with Crippen LogP contribution in [-0.4, -0.2) is 45.9 Å². The van der Waals surface area contributed by atoms with Gasteiger partial charge in [0.05, 0.1) is 6.04 Å². The van der Waals surface area contributed by atoms with Gasteiger partial charge in [-0.05, 0) is 72.4 Å². The Balaban J connectivity index is 1.76. The highest BCUT2D eigenvalue weighted by molar-refractivity contribution is 5.93. The minimum atomic E-state index is -0.999. The first-order chi connectivity index (χ1) is 17.6. The van der Waals surface area contributed by atoms with Crippen molar-refractivity contribution in [3.8, 4) is 5.75 Å². The molecule has 194 valence electrons. The van der Waals surface area contributed by atoms with Gasteiger partial charge in [0.15, 0.2) is 0 Å². The van der Waals surface area contributed by atoms with Gasteiger partial charge >= 0.3 is 0 Å². The lowest BCUT2D eigenvalue weighted by Gasteiger charge is -2.24. The van der Waals surface area contributed by atoms with Crippen LogP contribution >= 0.6 is 0 Å². The second-order valence-corrected chi connectivity index (χ2v) is 9.14. The molecule has 7 N–H and O–H groups in total. The molecule has 0 saturated heterocycles. The van der Waals surface area contributed by atoms with E-state index in [1.54, 1.807) is 36.7 Å². The Morgan fingerprint density at radius 1 is 0.838 bits per heavy atom. The van der Waals surface area contributed by atoms with Gasteiger partial charge in [0, 0.05) is 25.2 Å². The molecular formula is C28H33N5O4. The van der Waals surface area contributed by atoms with Crippen molar-refractivity contribution in [1.82, 2.24) is 15.6 Å². The predicted octanol–water partition coefficient (Wildman–Crippen LogP) is 1.21. The van der Waals surface area contributed by atoms with Crippen LogP contribution in [0.2, 0.25) is 0 Å². The number of phenols is 1. The summed E-state index contributed by atoms with van der Waals surface area (Å²) in [4.78, 5) is 42.5. The lowest BCUT2D eigenvalue weighted by atomic mass is 9.95. The van der Waals surface area contributed by atoms with E-state index in [4.69, 9.17) is 11.5 Å². The number of nitrogens with one attached hydrogen (secondary N) is 2. The van der Waals surface area contributed by atoms with Crippen molar-refractivity contribution in [2.24, 2.45) is 11.5 Å². The number of aromatic nitrogens is 1. The first kappa shape index (κ1) is 27.3. The number of benzene rings is 2. The fourth-order valence-corrected chi connectivity index (χ4v) is 4.19. The van der Waals surface area contributed by atoms with Gasteiger partial charge in [-0.2, -0.15) is 0 Å². The molecule has 2 aromatic carbocycles. The molecule has 9 nitrogen and oxygen atoms in total. The van der Waals surface area contributed by atoms with Crippen molar-refractivity contribution in [3.05, 3.63) is 94.8 Å². The quantitative estimate of drug-likeness (QED) is 0.264. The Kier molecular flexibility index (Phi) is 9.34. The minimum Gasteiger partial charge on any atom is -0.508 e. The van der Waals surface area contributed by atoms with Gasteiger partial charge in [-0.1, -0.05) is 30.3 Å². The molecule has 0 aliphatic heterocycles. The summed E-state index contributed by atoms with van der Waals surface area (Å²) in [5.74, 6) is -1.60. The van der Waals surface area contributed by atoms with Gasteiger partial charge in [0.1, 0.15) is 17.8 Å². The Bertz CT molecular complexity index is 1210. The predicted molar refractivity (Wildman–Crippen MR) is 140 cm³/mol. The molecule has 0 spiro atoms. The fraction of sp³-hybridized carbons (Fsp3) is 0.286. The highest BCUT2D eigenvalue weighted by Gasteiger charge is 2.28. The number of nitrogens with two attached hydrogens (primary N) is 2. The lowest BCUT2D eigenvalue weighted by molar-refractivity contribution is -0.131. The van der Waals surface area contributed by atoms with Gasteiger partial charge in [0.25, 0.3) is 0 Å². The summed E-state index contributed by atoms with van der Waals surface area (Å²) in [5, 5.41) is 15.2. The highest BCUT2D eigenvalue weighted by atomic mass is 16.3. The third-order valence-electron chi connectivity index (χ3n) is 6.21. The van der Waals surface area contributed by atoms with Gasteiger partial charge in [-0.15, -0.1) is 0 Å². The van der Waals surface area contributed by atoms with Crippen LogP contribution in [0.25, 0.3) is 0 Å². The normalized spacial score (nSPS) is 13.3. The van der Waals surface area contributed by atoms with Crippen LogP contribution in [0.15, 0.2) is 67.0 Å². The average Bonchev–Trinajstić information content (AvgIpc) is 2.86. The van der Waals surface area contributed by atoms with Crippen molar-refractivity contribution >= 4 is 17.7 Å². The summed E-state index contributed by atoms with van der Waals surface area (Å²) in [6, 6.07) is 13.0. The van der Waals surface area contributed by atoms with Gasteiger partial charge in [0.2, 0.25) is 17.7 Å². The van der Waals surface area contributed by atoms with Gasteiger partial charge in [-0.25, -0.2) is 0 Å². The zero-order chi connectivity index (χ0) is 26.9. The third-order valence-corrected chi connectivity index (χ3v) is 6.21. The molecule has 0 fully saturated rings. The number of amides is 3. The fourth-order valence-electron chi connectivity index (χ4n) is 4.19. The number of carbonyl (C=O) groups is 3. The van der Waals surface area contributed by atoms with Gasteiger partial charge < -0.3 is 27.2 Å². The summed E-state index contributed by atoms with van der Waals surface area (Å²) < 4.78 is 0. The number of primary amides is 1. The number of nitrogens with zero attached hydrogens (tertiary/aromatic N) is 1. The Morgan fingerprint density at radius 2 is 1.38 bits per heavy atom. The standard InChI is InChI=1S/C28H33N5O4/c1-17-12-21(34)13-18(2)22(17)16-23(29)27(36)33-25(15-20-8-10-31-11-9-20)28(37)32-24(26(30)35)14-19-6-4-3-5-7-19/h3-13,23-25,34H,14-16,29H2,1-2H3,(H2,30,35)(H,32,37)(H,33,36)/t23-,24-,25-/m0/s1. The SMILES string of the molecule is Cc1cc(O)cc(C)c1C[C@H](N)C(=O)N[C@@H](Cc1ccncc1)C(=O)N[C@@H](Cc1ccccc1)C(N)=O. The molecule has 3 rings (SSSR count). The molecule has 0 aliphatic rings. The van der Waals surface area contributed by atoms with E-state index in [1.807, 2.05) is 44.2 Å². The molecular weight excluding hydrogens is 470 g/mol. The number of aromatic hydroxyl groups is 1. The Hall–Kier alpha value is -4.24. The molecule has 0 unspecified atom stereocenters. The molecule has 3 amide bonds. The maximum atomic E-state index is 13.3. The zero-order valence-corrected chi connectivity index (χ0v) is 21.0. The van der Waals surface area contributed by atoms with Crippen molar-refractivity contribution in [1.29, 1.82) is 0 Å². The van der Waals surface area contributed by atoms with Crippen LogP contribution in [0.5, 0.6) is 5.75 Å². The van der Waals surface area contributed by atoms with E-state index in [-0.39, 0.29) is 25.0 Å². The third kappa shape index (κ3) is 7.88. The summed E-state index contributed by atoms with van der Waals surface area (Å²) in [6.07, 6.45) is 3.80. The Labute approximate surface area is 216 Å². The second-order valence-electron chi connectivity index (χ2n) is 9.14. The van der Waals surface area contributed by atoms with Gasteiger partial charge in [-0.3, -0.25) is 19.4 Å². The van der Waals surface area contributed by atoms with Crippen LogP contribution in [0.4, 0.5) is 0 Å². The van der Waals surface area contributed by atoms with Crippen molar-refractivity contribution in [2.45, 2.75) is 51.2 Å². The number of pyridine rings is 1. The van der Waals surface area contributed by atoms with E-state index in [0.29, 0.717) is 0 Å². The van der Waals surface area contributed by atoms with Crippen LogP contribution in [0, 0.1) is 13.8 Å². The first-order valence-electron chi connectivity index (χ1n) is 12.0. The van der Waals surface area contributed by atoms with Crippen molar-refractivity contribution in [2.75, 3.05) is 0 Å². The minimum absolute atomic E-state index is 0.144. The molecule has 0 radical (unpaired) electrons. The van der Waals surface area contributed by atoms with E-state index < -0.39 is 35.8 Å². The van der Waals surface area contributed by atoms with E-state index in [1.165, 1.54) is 0 Å². The summed E-state index contributed by atoms with van der Waals surface area (Å²) >= 11 is 0. The molecule has 1 aromatic heterocycles. The monoisotopic (exact) mass is 503 g/mol. The van der Waals surface area contributed by atoms with E-state index in [0.717, 1.165) is 27.8 Å². The number of rotatable bonds is 11. The van der Waals surface area contributed by atoms with Crippen LogP contribution in [-0.2, 0) is 33.6 Å². The zero-order valence-electron chi connectivity index (χ0n) is 21.0. The number of hydrogen-bond acceptors (Lipinski definition) is 6. The van der Waals surface area contributed by atoms with Crippen LogP contribution in [0.3, 0.4) is 0 Å². The highest BCUT2D eigenvalue weighted by Crippen LogP contribution is 2.22. The summed E-state index contributed by atoms with van der Waals surface area (Å²) in [7, 11) is 0. The van der Waals surface area contributed by atoms with Crippen LogP contribution < -0.4 is 22.1 Å². The van der Waals surface area contributed by atoms with E-state index in [2.05, 4.69) is 15.6 Å².